The minimum atomic E-state index is -0.155. The van der Waals surface area contributed by atoms with Crippen LogP contribution in [0.15, 0.2) is 18.3 Å². The highest BCUT2D eigenvalue weighted by molar-refractivity contribution is 5.53. The first-order valence-corrected chi connectivity index (χ1v) is 6.83. The third-order valence-corrected chi connectivity index (χ3v) is 3.19. The molecule has 0 saturated carbocycles. The van der Waals surface area contributed by atoms with E-state index < -0.39 is 0 Å². The van der Waals surface area contributed by atoms with Crippen LogP contribution in [0.5, 0.6) is 5.75 Å². The molecule has 1 saturated heterocycles. The Bertz CT molecular complexity index is 400. The molecule has 0 bridgehead atoms. The standard InChI is InChI=1S/C14H22N2O3/c1-3-7-18-13-5-4-6-15-14(13)16-8-12(9-17)19-10-11(16)2/h4-6,11-12,17H,3,7-10H2,1-2H3. The van der Waals surface area contributed by atoms with E-state index in [1.807, 2.05) is 12.1 Å². The van der Waals surface area contributed by atoms with Gasteiger partial charge in [-0.2, -0.15) is 0 Å². The summed E-state index contributed by atoms with van der Waals surface area (Å²) in [6.45, 7) is 6.11. The average Bonchev–Trinajstić information content (AvgIpc) is 2.46. The van der Waals surface area contributed by atoms with Gasteiger partial charge < -0.3 is 19.5 Å². The summed E-state index contributed by atoms with van der Waals surface area (Å²) in [5, 5.41) is 9.25. The lowest BCUT2D eigenvalue weighted by molar-refractivity contribution is -0.0107. The van der Waals surface area contributed by atoms with Crippen molar-refractivity contribution in [2.75, 3.05) is 31.3 Å². The molecule has 0 radical (unpaired) electrons. The van der Waals surface area contributed by atoms with Crippen LogP contribution in [-0.4, -0.2) is 48.6 Å². The second-order valence-corrected chi connectivity index (χ2v) is 4.81. The molecule has 19 heavy (non-hydrogen) atoms. The van der Waals surface area contributed by atoms with Crippen molar-refractivity contribution >= 4 is 5.82 Å². The van der Waals surface area contributed by atoms with Crippen molar-refractivity contribution in [3.8, 4) is 5.75 Å². The van der Waals surface area contributed by atoms with E-state index in [2.05, 4.69) is 23.7 Å². The van der Waals surface area contributed by atoms with E-state index in [4.69, 9.17) is 9.47 Å². The maximum Gasteiger partial charge on any atom is 0.171 e. The van der Waals surface area contributed by atoms with Crippen LogP contribution in [0.3, 0.4) is 0 Å². The van der Waals surface area contributed by atoms with Crippen molar-refractivity contribution < 1.29 is 14.6 Å². The SMILES string of the molecule is CCCOc1cccnc1N1CC(CO)OCC1C. The fourth-order valence-electron chi connectivity index (χ4n) is 2.15. The number of nitrogens with zero attached hydrogens (tertiary/aromatic N) is 2. The number of hydrogen-bond acceptors (Lipinski definition) is 5. The van der Waals surface area contributed by atoms with E-state index in [1.165, 1.54) is 0 Å². The zero-order valence-electron chi connectivity index (χ0n) is 11.6. The van der Waals surface area contributed by atoms with Gasteiger partial charge in [-0.1, -0.05) is 6.92 Å². The second kappa shape index (κ2) is 6.73. The first-order valence-electron chi connectivity index (χ1n) is 6.83. The van der Waals surface area contributed by atoms with E-state index in [0.29, 0.717) is 19.8 Å². The Morgan fingerprint density at radius 1 is 1.58 bits per heavy atom. The van der Waals surface area contributed by atoms with Gasteiger partial charge in [-0.05, 0) is 25.5 Å². The molecular weight excluding hydrogens is 244 g/mol. The molecule has 1 N–H and O–H groups in total. The monoisotopic (exact) mass is 266 g/mol. The van der Waals surface area contributed by atoms with Gasteiger partial charge in [0, 0.05) is 12.7 Å². The van der Waals surface area contributed by atoms with Crippen LogP contribution in [0, 0.1) is 0 Å². The molecule has 5 heteroatoms. The molecule has 2 unspecified atom stereocenters. The maximum atomic E-state index is 9.25. The van der Waals surface area contributed by atoms with Crippen LogP contribution < -0.4 is 9.64 Å². The predicted molar refractivity (Wildman–Crippen MR) is 73.7 cm³/mol. The number of hydrogen-bond donors (Lipinski definition) is 1. The number of pyridine rings is 1. The normalized spacial score (nSPS) is 23.4. The molecule has 106 valence electrons. The molecule has 0 spiro atoms. The van der Waals surface area contributed by atoms with Crippen LogP contribution in [0.2, 0.25) is 0 Å². The Morgan fingerprint density at radius 3 is 3.16 bits per heavy atom. The van der Waals surface area contributed by atoms with E-state index >= 15 is 0 Å². The minimum absolute atomic E-state index is 0.0290. The summed E-state index contributed by atoms with van der Waals surface area (Å²) in [7, 11) is 0. The number of morpholine rings is 1. The highest BCUT2D eigenvalue weighted by Gasteiger charge is 2.28. The molecule has 0 aromatic carbocycles. The van der Waals surface area contributed by atoms with Gasteiger partial charge in [-0.25, -0.2) is 4.98 Å². The smallest absolute Gasteiger partial charge is 0.171 e. The third kappa shape index (κ3) is 3.36. The van der Waals surface area contributed by atoms with E-state index in [0.717, 1.165) is 18.0 Å². The van der Waals surface area contributed by atoms with Crippen LogP contribution in [-0.2, 0) is 4.74 Å². The molecule has 0 amide bonds. The zero-order chi connectivity index (χ0) is 13.7. The fourth-order valence-corrected chi connectivity index (χ4v) is 2.15. The van der Waals surface area contributed by atoms with Crippen LogP contribution in [0.4, 0.5) is 5.82 Å². The summed E-state index contributed by atoms with van der Waals surface area (Å²) in [5.41, 5.74) is 0. The molecule has 2 heterocycles. The number of rotatable bonds is 5. The summed E-state index contributed by atoms with van der Waals surface area (Å²) in [6.07, 6.45) is 2.58. The summed E-state index contributed by atoms with van der Waals surface area (Å²) in [5.74, 6) is 1.64. The van der Waals surface area contributed by atoms with Crippen molar-refractivity contribution in [3.63, 3.8) is 0 Å². The summed E-state index contributed by atoms with van der Waals surface area (Å²) >= 11 is 0. The van der Waals surface area contributed by atoms with Crippen molar-refractivity contribution in [1.82, 2.24) is 4.98 Å². The zero-order valence-corrected chi connectivity index (χ0v) is 11.6. The van der Waals surface area contributed by atoms with Gasteiger partial charge >= 0.3 is 0 Å². The molecular formula is C14H22N2O3. The molecule has 1 aliphatic heterocycles. The topological polar surface area (TPSA) is 54.8 Å². The Kier molecular flexibility index (Phi) is 4.99. The van der Waals surface area contributed by atoms with Crippen molar-refractivity contribution in [2.24, 2.45) is 0 Å². The summed E-state index contributed by atoms with van der Waals surface area (Å²) < 4.78 is 11.3. The first kappa shape index (κ1) is 14.1. The van der Waals surface area contributed by atoms with E-state index in [9.17, 15) is 5.11 Å². The number of ether oxygens (including phenoxy) is 2. The molecule has 5 nitrogen and oxygen atoms in total. The molecule has 2 rings (SSSR count). The van der Waals surface area contributed by atoms with Crippen LogP contribution in [0.1, 0.15) is 20.3 Å². The highest BCUT2D eigenvalue weighted by atomic mass is 16.5. The molecule has 1 aromatic heterocycles. The quantitative estimate of drug-likeness (QED) is 0.874. The first-order chi connectivity index (χ1) is 9.26. The van der Waals surface area contributed by atoms with Gasteiger partial charge in [-0.15, -0.1) is 0 Å². The number of aliphatic hydroxyl groups excluding tert-OH is 1. The lowest BCUT2D eigenvalue weighted by Gasteiger charge is -2.38. The number of aromatic nitrogens is 1. The molecule has 1 aliphatic rings. The van der Waals surface area contributed by atoms with Gasteiger partial charge in [0.05, 0.1) is 32.0 Å². The Morgan fingerprint density at radius 2 is 2.42 bits per heavy atom. The van der Waals surface area contributed by atoms with Gasteiger partial charge in [0.2, 0.25) is 0 Å². The van der Waals surface area contributed by atoms with Crippen molar-refractivity contribution in [1.29, 1.82) is 0 Å². The van der Waals surface area contributed by atoms with E-state index in [-0.39, 0.29) is 18.8 Å². The van der Waals surface area contributed by atoms with Crippen LogP contribution in [0.25, 0.3) is 0 Å². The second-order valence-electron chi connectivity index (χ2n) is 4.81. The van der Waals surface area contributed by atoms with Crippen molar-refractivity contribution in [2.45, 2.75) is 32.4 Å². The van der Waals surface area contributed by atoms with E-state index in [1.54, 1.807) is 6.20 Å². The fraction of sp³-hybridized carbons (Fsp3) is 0.643. The van der Waals surface area contributed by atoms with Gasteiger partial charge in [0.15, 0.2) is 11.6 Å². The molecule has 0 aliphatic carbocycles. The highest BCUT2D eigenvalue weighted by Crippen LogP contribution is 2.29. The Labute approximate surface area is 114 Å². The largest absolute Gasteiger partial charge is 0.490 e. The van der Waals surface area contributed by atoms with Crippen LogP contribution >= 0.6 is 0 Å². The lowest BCUT2D eigenvalue weighted by Crippen LogP contribution is -2.50. The van der Waals surface area contributed by atoms with Gasteiger partial charge in [-0.3, -0.25) is 0 Å². The lowest BCUT2D eigenvalue weighted by atomic mass is 10.2. The Balaban J connectivity index is 2.18. The summed E-state index contributed by atoms with van der Waals surface area (Å²) in [6, 6.07) is 4.04. The molecule has 1 aromatic rings. The van der Waals surface area contributed by atoms with Gasteiger partial charge in [0.1, 0.15) is 0 Å². The predicted octanol–water partition coefficient (Wildman–Crippen LogP) is 1.46. The minimum Gasteiger partial charge on any atom is -0.490 e. The maximum absolute atomic E-state index is 9.25. The molecule has 2 atom stereocenters. The van der Waals surface area contributed by atoms with Gasteiger partial charge in [0.25, 0.3) is 0 Å². The van der Waals surface area contributed by atoms with Crippen molar-refractivity contribution in [3.05, 3.63) is 18.3 Å². The number of aliphatic hydroxyl groups is 1. The third-order valence-electron chi connectivity index (χ3n) is 3.19. The molecule has 1 fully saturated rings. The average molecular weight is 266 g/mol. The Hall–Kier alpha value is -1.33. The summed E-state index contributed by atoms with van der Waals surface area (Å²) in [4.78, 5) is 6.59. The number of anilines is 1.